The molecule has 3 nitrogen and oxygen atoms in total. The minimum atomic E-state index is -4.87. The highest BCUT2D eigenvalue weighted by atomic mass is 19.4. The van der Waals surface area contributed by atoms with Crippen LogP contribution in [0.4, 0.5) is 13.2 Å². The second-order valence-corrected chi connectivity index (χ2v) is 3.47. The molecule has 0 aromatic heterocycles. The second kappa shape index (κ2) is 5.07. The number of rotatable bonds is 3. The summed E-state index contributed by atoms with van der Waals surface area (Å²) in [6.45, 7) is 1.47. The van der Waals surface area contributed by atoms with E-state index >= 15 is 0 Å². The lowest BCUT2D eigenvalue weighted by atomic mass is 10.1. The molecule has 0 radical (unpaired) electrons. The monoisotopic (exact) mass is 247 g/mol. The number of nitrogens with one attached hydrogen (secondary N) is 1. The van der Waals surface area contributed by atoms with Crippen molar-refractivity contribution in [2.45, 2.75) is 19.1 Å². The van der Waals surface area contributed by atoms with Gasteiger partial charge in [0.25, 0.3) is 0 Å². The van der Waals surface area contributed by atoms with Crippen LogP contribution >= 0.6 is 0 Å². The molecule has 1 atom stereocenters. The summed E-state index contributed by atoms with van der Waals surface area (Å²) in [5.41, 5.74) is 0.543. The van der Waals surface area contributed by atoms with Crippen molar-refractivity contribution in [3.63, 3.8) is 0 Å². The van der Waals surface area contributed by atoms with E-state index in [1.165, 1.54) is 14.0 Å². The van der Waals surface area contributed by atoms with E-state index in [1.807, 2.05) is 5.32 Å². The molecule has 0 aliphatic heterocycles. The van der Waals surface area contributed by atoms with E-state index in [9.17, 15) is 18.0 Å². The fraction of sp³-hybridized carbons (Fsp3) is 0.364. The molecule has 94 valence electrons. The van der Waals surface area contributed by atoms with Gasteiger partial charge in [-0.1, -0.05) is 12.1 Å². The fourth-order valence-electron chi connectivity index (χ4n) is 1.27. The zero-order valence-corrected chi connectivity index (χ0v) is 9.34. The topological polar surface area (TPSA) is 38.3 Å². The van der Waals surface area contributed by atoms with Gasteiger partial charge < -0.3 is 10.1 Å². The van der Waals surface area contributed by atoms with Gasteiger partial charge in [-0.05, 0) is 24.6 Å². The minimum Gasteiger partial charge on any atom is -0.497 e. The Bertz CT molecular complexity index is 404. The summed E-state index contributed by atoms with van der Waals surface area (Å²) in [5, 5.41) is 1.87. The largest absolute Gasteiger partial charge is 0.497 e. The zero-order chi connectivity index (χ0) is 13.1. The van der Waals surface area contributed by atoms with Gasteiger partial charge in [0.15, 0.2) is 0 Å². The third kappa shape index (κ3) is 3.65. The molecule has 1 aromatic rings. The lowest BCUT2D eigenvalue weighted by Crippen LogP contribution is -2.38. The number of carbonyl (C=O) groups excluding carboxylic acids is 1. The van der Waals surface area contributed by atoms with Crippen molar-refractivity contribution in [3.8, 4) is 5.75 Å². The fourth-order valence-corrected chi connectivity index (χ4v) is 1.27. The van der Waals surface area contributed by atoms with Crippen LogP contribution in [0.3, 0.4) is 0 Å². The molecular weight excluding hydrogens is 235 g/mol. The molecule has 0 saturated carbocycles. The van der Waals surface area contributed by atoms with E-state index in [4.69, 9.17) is 4.74 Å². The Kier molecular flexibility index (Phi) is 3.98. The lowest BCUT2D eigenvalue weighted by Gasteiger charge is -2.16. The van der Waals surface area contributed by atoms with Crippen LogP contribution in [0.15, 0.2) is 24.3 Å². The Morgan fingerprint density at radius 1 is 1.41 bits per heavy atom. The highest BCUT2D eigenvalue weighted by molar-refractivity contribution is 5.82. The highest BCUT2D eigenvalue weighted by Crippen LogP contribution is 2.21. The molecule has 0 aliphatic carbocycles. The SMILES string of the molecule is COc1cccc([C@H](C)NC(=O)C(F)(F)F)c1. The summed E-state index contributed by atoms with van der Waals surface area (Å²) >= 11 is 0. The van der Waals surface area contributed by atoms with Gasteiger partial charge in [-0.2, -0.15) is 13.2 Å². The van der Waals surface area contributed by atoms with Gasteiger partial charge in [-0.15, -0.1) is 0 Å². The number of amides is 1. The van der Waals surface area contributed by atoms with E-state index in [2.05, 4.69) is 0 Å². The molecule has 0 bridgehead atoms. The quantitative estimate of drug-likeness (QED) is 0.890. The maximum Gasteiger partial charge on any atom is 0.471 e. The number of methoxy groups -OCH3 is 1. The van der Waals surface area contributed by atoms with Crippen molar-refractivity contribution in [1.82, 2.24) is 5.32 Å². The molecule has 0 aliphatic rings. The molecule has 1 amide bonds. The van der Waals surface area contributed by atoms with Gasteiger partial charge in [0.1, 0.15) is 5.75 Å². The normalized spacial score (nSPS) is 13.0. The second-order valence-electron chi connectivity index (χ2n) is 3.47. The number of hydrogen-bond acceptors (Lipinski definition) is 2. The Balaban J connectivity index is 2.76. The van der Waals surface area contributed by atoms with E-state index in [0.29, 0.717) is 11.3 Å². The van der Waals surface area contributed by atoms with E-state index in [0.717, 1.165) is 0 Å². The van der Waals surface area contributed by atoms with Crippen LogP contribution in [0.5, 0.6) is 5.75 Å². The van der Waals surface area contributed by atoms with Crippen molar-refractivity contribution >= 4 is 5.91 Å². The predicted octanol–water partition coefficient (Wildman–Crippen LogP) is 2.43. The van der Waals surface area contributed by atoms with Crippen molar-refractivity contribution in [2.24, 2.45) is 0 Å². The number of carbonyl (C=O) groups is 1. The first-order valence-corrected chi connectivity index (χ1v) is 4.86. The summed E-state index contributed by atoms with van der Waals surface area (Å²) in [4.78, 5) is 10.7. The zero-order valence-electron chi connectivity index (χ0n) is 9.34. The van der Waals surface area contributed by atoms with Crippen LogP contribution in [0.1, 0.15) is 18.5 Å². The Hall–Kier alpha value is -1.72. The number of halogens is 3. The van der Waals surface area contributed by atoms with Gasteiger partial charge >= 0.3 is 12.1 Å². The Labute approximate surface area is 96.6 Å². The molecule has 17 heavy (non-hydrogen) atoms. The van der Waals surface area contributed by atoms with Gasteiger partial charge in [-0.25, -0.2) is 0 Å². The lowest BCUT2D eigenvalue weighted by molar-refractivity contribution is -0.174. The maximum absolute atomic E-state index is 12.0. The molecule has 0 heterocycles. The Morgan fingerprint density at radius 2 is 2.06 bits per heavy atom. The Morgan fingerprint density at radius 3 is 2.59 bits per heavy atom. The molecule has 1 rings (SSSR count). The molecule has 0 unspecified atom stereocenters. The third-order valence-electron chi connectivity index (χ3n) is 2.20. The van der Waals surface area contributed by atoms with Gasteiger partial charge in [0.05, 0.1) is 13.2 Å². The number of ether oxygens (including phenoxy) is 1. The summed E-state index contributed by atoms with van der Waals surface area (Å²) < 4.78 is 41.0. The van der Waals surface area contributed by atoms with Crippen LogP contribution < -0.4 is 10.1 Å². The minimum absolute atomic E-state index is 0.524. The molecule has 0 spiro atoms. The maximum atomic E-state index is 12.0. The molecule has 0 fully saturated rings. The smallest absolute Gasteiger partial charge is 0.471 e. The highest BCUT2D eigenvalue weighted by Gasteiger charge is 2.39. The average molecular weight is 247 g/mol. The van der Waals surface area contributed by atoms with Crippen molar-refractivity contribution in [2.75, 3.05) is 7.11 Å². The van der Waals surface area contributed by atoms with Crippen LogP contribution in [-0.4, -0.2) is 19.2 Å². The number of hydrogen-bond donors (Lipinski definition) is 1. The van der Waals surface area contributed by atoms with Gasteiger partial charge in [-0.3, -0.25) is 4.79 Å². The van der Waals surface area contributed by atoms with E-state index in [-0.39, 0.29) is 0 Å². The van der Waals surface area contributed by atoms with Crippen LogP contribution in [0.25, 0.3) is 0 Å². The van der Waals surface area contributed by atoms with Crippen molar-refractivity contribution < 1.29 is 22.7 Å². The molecule has 1 N–H and O–H groups in total. The summed E-state index contributed by atoms with van der Waals surface area (Å²) in [5.74, 6) is -1.43. The van der Waals surface area contributed by atoms with Crippen molar-refractivity contribution in [3.05, 3.63) is 29.8 Å². The summed E-state index contributed by atoms with van der Waals surface area (Å²) in [6.07, 6.45) is -4.87. The first-order valence-electron chi connectivity index (χ1n) is 4.86. The average Bonchev–Trinajstić information content (AvgIpc) is 2.27. The van der Waals surface area contributed by atoms with Gasteiger partial charge in [0.2, 0.25) is 0 Å². The van der Waals surface area contributed by atoms with E-state index in [1.54, 1.807) is 24.3 Å². The number of alkyl halides is 3. The molecular formula is C11H12F3NO2. The standard InChI is InChI=1S/C11H12F3NO2/c1-7(15-10(16)11(12,13)14)8-4-3-5-9(6-8)17-2/h3-7H,1-2H3,(H,15,16)/t7-/m0/s1. The van der Waals surface area contributed by atoms with Crippen LogP contribution in [0.2, 0.25) is 0 Å². The summed E-state index contributed by atoms with van der Waals surface area (Å²) in [7, 11) is 1.46. The summed E-state index contributed by atoms with van der Waals surface area (Å²) in [6, 6.07) is 5.76. The van der Waals surface area contributed by atoms with Crippen LogP contribution in [0, 0.1) is 0 Å². The third-order valence-corrected chi connectivity index (χ3v) is 2.20. The van der Waals surface area contributed by atoms with Crippen LogP contribution in [-0.2, 0) is 4.79 Å². The first-order chi connectivity index (χ1) is 7.84. The molecule has 1 aromatic carbocycles. The van der Waals surface area contributed by atoms with Crippen molar-refractivity contribution in [1.29, 1.82) is 0 Å². The van der Waals surface area contributed by atoms with Gasteiger partial charge in [0, 0.05) is 0 Å². The predicted molar refractivity (Wildman–Crippen MR) is 55.6 cm³/mol. The molecule has 6 heteroatoms. The first kappa shape index (κ1) is 13.3. The van der Waals surface area contributed by atoms with E-state index < -0.39 is 18.1 Å². The molecule has 0 saturated heterocycles. The number of benzene rings is 1.